The second-order valence-corrected chi connectivity index (χ2v) is 7.26. The second-order valence-electron chi connectivity index (χ2n) is 7.26. The zero-order valence-electron chi connectivity index (χ0n) is 18.2. The summed E-state index contributed by atoms with van der Waals surface area (Å²) in [5.41, 5.74) is 2.63. The van der Waals surface area contributed by atoms with Crippen molar-refractivity contribution in [3.63, 3.8) is 0 Å². The molecule has 0 aliphatic heterocycles. The summed E-state index contributed by atoms with van der Waals surface area (Å²) in [5, 5.41) is 3.39. The van der Waals surface area contributed by atoms with E-state index in [4.69, 9.17) is 4.99 Å². The number of guanidine groups is 1. The molecule has 30 heavy (non-hydrogen) atoms. The molecular formula is C23H33IN6. The molecule has 0 spiro atoms. The first-order valence-electron chi connectivity index (χ1n) is 10.3. The van der Waals surface area contributed by atoms with E-state index in [1.165, 1.54) is 11.3 Å². The van der Waals surface area contributed by atoms with Crippen molar-refractivity contribution in [1.29, 1.82) is 0 Å². The Morgan fingerprint density at radius 3 is 2.63 bits per heavy atom. The maximum Gasteiger partial charge on any atom is 0.194 e. The van der Waals surface area contributed by atoms with Crippen LogP contribution in [0.25, 0.3) is 0 Å². The van der Waals surface area contributed by atoms with Gasteiger partial charge in [0.2, 0.25) is 0 Å². The predicted octanol–water partition coefficient (Wildman–Crippen LogP) is 4.07. The molecule has 0 radical (unpaired) electrons. The van der Waals surface area contributed by atoms with Crippen LogP contribution in [0.15, 0.2) is 66.0 Å². The van der Waals surface area contributed by atoms with Gasteiger partial charge in [-0.05, 0) is 37.5 Å². The maximum atomic E-state index is 4.83. The lowest BCUT2D eigenvalue weighted by molar-refractivity contribution is 0.461. The lowest BCUT2D eigenvalue weighted by Gasteiger charge is -2.22. The number of aliphatic imine (C=N–C) groups is 1. The molecule has 0 bridgehead atoms. The standard InChI is InChI=1S/C23H32N6.HI/c1-4-24-23(28(3)19-21-13-9-15-27(21)2)26-18-22-25-14-17-29(22)16-8-12-20-10-6-5-7-11-20;/h5-7,9-11,13-15,17H,4,8,12,16,18-19H2,1-3H3,(H,24,26);1H. The van der Waals surface area contributed by atoms with Gasteiger partial charge in [0.05, 0.1) is 6.54 Å². The Labute approximate surface area is 197 Å². The molecule has 3 aromatic rings. The highest BCUT2D eigenvalue weighted by molar-refractivity contribution is 14.0. The molecule has 6 nitrogen and oxygen atoms in total. The van der Waals surface area contributed by atoms with Crippen LogP contribution in [0.2, 0.25) is 0 Å². The molecule has 0 aliphatic carbocycles. The molecule has 0 atom stereocenters. The summed E-state index contributed by atoms with van der Waals surface area (Å²) in [7, 11) is 4.14. The summed E-state index contributed by atoms with van der Waals surface area (Å²) >= 11 is 0. The van der Waals surface area contributed by atoms with Gasteiger partial charge in [-0.15, -0.1) is 24.0 Å². The monoisotopic (exact) mass is 520 g/mol. The lowest BCUT2D eigenvalue weighted by atomic mass is 10.1. The number of hydrogen-bond donors (Lipinski definition) is 1. The molecule has 0 unspecified atom stereocenters. The van der Waals surface area contributed by atoms with Crippen molar-refractivity contribution in [2.45, 2.75) is 39.4 Å². The van der Waals surface area contributed by atoms with Gasteiger partial charge in [-0.25, -0.2) is 9.98 Å². The van der Waals surface area contributed by atoms with E-state index >= 15 is 0 Å². The van der Waals surface area contributed by atoms with Gasteiger partial charge < -0.3 is 19.4 Å². The highest BCUT2D eigenvalue weighted by Gasteiger charge is 2.09. The van der Waals surface area contributed by atoms with Crippen molar-refractivity contribution in [2.75, 3.05) is 13.6 Å². The SMILES string of the molecule is CCNC(=NCc1nccn1CCCc1ccccc1)N(C)Cc1cccn1C.I. The quantitative estimate of drug-likeness (QED) is 0.263. The van der Waals surface area contributed by atoms with E-state index in [0.29, 0.717) is 6.54 Å². The number of halogens is 1. The fourth-order valence-corrected chi connectivity index (χ4v) is 3.39. The summed E-state index contributed by atoms with van der Waals surface area (Å²) < 4.78 is 4.35. The topological polar surface area (TPSA) is 50.4 Å². The van der Waals surface area contributed by atoms with E-state index in [1.54, 1.807) is 0 Å². The Kier molecular flexibility index (Phi) is 9.93. The van der Waals surface area contributed by atoms with E-state index in [2.05, 4.69) is 100 Å². The summed E-state index contributed by atoms with van der Waals surface area (Å²) in [5.74, 6) is 1.90. The number of nitrogens with one attached hydrogen (secondary N) is 1. The summed E-state index contributed by atoms with van der Waals surface area (Å²) in [6, 6.07) is 14.8. The second kappa shape index (κ2) is 12.4. The van der Waals surface area contributed by atoms with Crippen LogP contribution >= 0.6 is 24.0 Å². The van der Waals surface area contributed by atoms with Gasteiger partial charge in [0.1, 0.15) is 12.4 Å². The molecule has 1 N–H and O–H groups in total. The highest BCUT2D eigenvalue weighted by atomic mass is 127. The molecule has 162 valence electrons. The average molecular weight is 520 g/mol. The zero-order valence-corrected chi connectivity index (χ0v) is 20.5. The van der Waals surface area contributed by atoms with Crippen molar-refractivity contribution in [3.05, 3.63) is 78.1 Å². The average Bonchev–Trinajstić information content (AvgIpc) is 3.35. The first kappa shape index (κ1) is 24.0. The maximum absolute atomic E-state index is 4.83. The molecule has 0 aliphatic rings. The minimum atomic E-state index is 0. The van der Waals surface area contributed by atoms with Crippen LogP contribution in [0.5, 0.6) is 0 Å². The summed E-state index contributed by atoms with van der Waals surface area (Å²) in [6.07, 6.45) is 8.15. The van der Waals surface area contributed by atoms with Gasteiger partial charge in [-0.1, -0.05) is 30.3 Å². The number of nitrogens with zero attached hydrogens (tertiary/aromatic N) is 5. The van der Waals surface area contributed by atoms with Crippen LogP contribution in [0.4, 0.5) is 0 Å². The Balaban J connectivity index is 0.00000320. The summed E-state index contributed by atoms with van der Waals surface area (Å²) in [4.78, 5) is 11.5. The predicted molar refractivity (Wildman–Crippen MR) is 134 cm³/mol. The van der Waals surface area contributed by atoms with Crippen LogP contribution in [0.1, 0.15) is 30.4 Å². The Bertz CT molecular complexity index is 899. The van der Waals surface area contributed by atoms with Crippen LogP contribution in [0, 0.1) is 0 Å². The van der Waals surface area contributed by atoms with E-state index in [0.717, 1.165) is 44.3 Å². The number of imidazole rings is 1. The lowest BCUT2D eigenvalue weighted by Crippen LogP contribution is -2.38. The van der Waals surface area contributed by atoms with Crippen LogP contribution in [-0.4, -0.2) is 38.6 Å². The highest BCUT2D eigenvalue weighted by Crippen LogP contribution is 2.08. The van der Waals surface area contributed by atoms with Crippen molar-refractivity contribution in [3.8, 4) is 0 Å². The summed E-state index contributed by atoms with van der Waals surface area (Å²) in [6.45, 7) is 5.26. The van der Waals surface area contributed by atoms with Gasteiger partial charge in [0.25, 0.3) is 0 Å². The Morgan fingerprint density at radius 1 is 1.13 bits per heavy atom. The number of rotatable bonds is 9. The smallest absolute Gasteiger partial charge is 0.194 e. The minimum absolute atomic E-state index is 0. The molecule has 0 saturated heterocycles. The van der Waals surface area contributed by atoms with Crippen LogP contribution in [0.3, 0.4) is 0 Å². The van der Waals surface area contributed by atoms with Gasteiger partial charge >= 0.3 is 0 Å². The molecular weight excluding hydrogens is 487 g/mol. The van der Waals surface area contributed by atoms with Gasteiger partial charge in [0.15, 0.2) is 5.96 Å². The molecule has 7 heteroatoms. The van der Waals surface area contributed by atoms with Crippen LogP contribution in [-0.2, 0) is 33.1 Å². The van der Waals surface area contributed by atoms with E-state index in [9.17, 15) is 0 Å². The van der Waals surface area contributed by atoms with E-state index in [-0.39, 0.29) is 24.0 Å². The normalized spacial score (nSPS) is 11.2. The van der Waals surface area contributed by atoms with Crippen molar-refractivity contribution in [1.82, 2.24) is 24.3 Å². The minimum Gasteiger partial charge on any atom is -0.357 e. The molecule has 1 aromatic carbocycles. The molecule has 3 rings (SSSR count). The molecule has 2 aromatic heterocycles. The fraction of sp³-hybridized carbons (Fsp3) is 0.391. The van der Waals surface area contributed by atoms with Crippen molar-refractivity contribution in [2.24, 2.45) is 12.0 Å². The van der Waals surface area contributed by atoms with Crippen molar-refractivity contribution >= 4 is 29.9 Å². The first-order chi connectivity index (χ1) is 14.2. The fourth-order valence-electron chi connectivity index (χ4n) is 3.39. The third-order valence-electron chi connectivity index (χ3n) is 5.03. The van der Waals surface area contributed by atoms with Gasteiger partial charge in [-0.3, -0.25) is 0 Å². The van der Waals surface area contributed by atoms with E-state index < -0.39 is 0 Å². The molecule has 0 fully saturated rings. The van der Waals surface area contributed by atoms with Crippen LogP contribution < -0.4 is 5.32 Å². The van der Waals surface area contributed by atoms with E-state index in [1.807, 2.05) is 6.20 Å². The third kappa shape index (κ3) is 6.90. The number of hydrogen-bond acceptors (Lipinski definition) is 2. The Hall–Kier alpha value is -2.29. The first-order valence-corrected chi connectivity index (χ1v) is 10.3. The Morgan fingerprint density at radius 2 is 1.93 bits per heavy atom. The number of aryl methyl sites for hydroxylation is 3. The molecule has 0 saturated carbocycles. The number of aromatic nitrogens is 3. The van der Waals surface area contributed by atoms with Crippen molar-refractivity contribution < 1.29 is 0 Å². The third-order valence-corrected chi connectivity index (χ3v) is 5.03. The van der Waals surface area contributed by atoms with Gasteiger partial charge in [-0.2, -0.15) is 0 Å². The molecule has 2 heterocycles. The number of benzene rings is 1. The largest absolute Gasteiger partial charge is 0.357 e. The zero-order chi connectivity index (χ0) is 20.5. The van der Waals surface area contributed by atoms with Gasteiger partial charge in [0, 0.05) is 51.5 Å². The molecule has 0 amide bonds.